The highest BCUT2D eigenvalue weighted by atomic mass is 31.2. The van der Waals surface area contributed by atoms with Crippen molar-refractivity contribution in [1.82, 2.24) is 0 Å². The van der Waals surface area contributed by atoms with Gasteiger partial charge in [-0.05, 0) is 70.6 Å². The summed E-state index contributed by atoms with van der Waals surface area (Å²) in [5.74, 6) is -0.765. The Hall–Kier alpha value is -1.77. The van der Waals surface area contributed by atoms with Crippen molar-refractivity contribution in [2.45, 2.75) is 508 Å². The van der Waals surface area contributed by atoms with Crippen LogP contribution in [0.1, 0.15) is 502 Å². The quantitative estimate of drug-likeness (QED) is 0.0211. The maximum atomic E-state index is 13.0. The van der Waals surface area contributed by atoms with Gasteiger partial charge in [0.2, 0.25) is 0 Å². The molecule has 9 nitrogen and oxygen atoms in total. The highest BCUT2D eigenvalue weighted by Crippen LogP contribution is 2.43. The van der Waals surface area contributed by atoms with E-state index in [9.17, 15) is 19.0 Å². The van der Waals surface area contributed by atoms with Gasteiger partial charge in [-0.3, -0.25) is 18.6 Å². The molecule has 1 N–H and O–H groups in total. The van der Waals surface area contributed by atoms with Crippen molar-refractivity contribution in [3.63, 3.8) is 0 Å². The normalized spacial score (nSPS) is 13.0. The topological polar surface area (TPSA) is 108 Å². The summed E-state index contributed by atoms with van der Waals surface area (Å²) in [6.07, 6.45) is 114. The zero-order valence-corrected chi connectivity index (χ0v) is 71.7. The molecule has 0 radical (unpaired) electrons. The van der Waals surface area contributed by atoms with Crippen molar-refractivity contribution >= 4 is 19.8 Å². The number of hydrogen-bond donors (Lipinski definition) is 1. The Balaban J connectivity index is 3.81. The van der Waals surface area contributed by atoms with Gasteiger partial charge in [0, 0.05) is 12.8 Å². The number of allylic oxidation sites excluding steroid dienone is 6. The standard InChI is InChI=1S/C94H182NO8P/c1-6-8-10-12-14-16-18-20-22-24-26-28-30-32-34-36-38-40-42-44-46-47-49-51-53-55-57-59-61-63-65-67-69-71-73-75-77-79-81-83-85-87-94(97)103-92(91-102-104(98,99)101-89-88-95(3,4)5)90-100-93(96)86-84-82-80-78-76-74-72-70-68-66-64-62-60-58-56-54-52-50-48-45-43-41-39-37-35-33-31-29-27-25-23-21-19-17-15-13-11-9-7-2/h18,20,24-27,92H,6-17,19,21-23,28-91H2,1-5H3/p+1/b20-18-,26-24-,27-25-. The monoisotopic (exact) mass is 1490 g/mol. The van der Waals surface area contributed by atoms with Crippen LogP contribution in [0.4, 0.5) is 0 Å². The number of likely N-dealkylation sites (N-methyl/N-ethyl adjacent to an activating group) is 1. The van der Waals surface area contributed by atoms with E-state index < -0.39 is 26.5 Å². The van der Waals surface area contributed by atoms with Crippen molar-refractivity contribution in [3.05, 3.63) is 36.5 Å². The predicted molar refractivity (Wildman–Crippen MR) is 455 cm³/mol. The average Bonchev–Trinajstić information content (AvgIpc) is 0.920. The van der Waals surface area contributed by atoms with Crippen LogP contribution >= 0.6 is 7.82 Å². The molecule has 0 rings (SSSR count). The first-order chi connectivity index (χ1) is 51.0. The lowest BCUT2D eigenvalue weighted by atomic mass is 10.0. The number of hydrogen-bond acceptors (Lipinski definition) is 7. The SMILES string of the molecule is CCCCCCC/C=C\C/C=C\CCCCCCCCCCCCCCCCCCCCCCCCCCCCCCCC(=O)OC(COC(=O)CCCCCCCCCCCCCCCCCCCCCCCCCCCCC/C=C\CCCCCCCCCC)COP(=O)(O)OCC[N+](C)(C)C. The molecule has 0 fully saturated rings. The minimum Gasteiger partial charge on any atom is -0.462 e. The van der Waals surface area contributed by atoms with Gasteiger partial charge in [-0.1, -0.05) is 455 Å². The molecular formula is C94H183NO8P+. The highest BCUT2D eigenvalue weighted by Gasteiger charge is 2.27. The minimum absolute atomic E-state index is 0.0362. The average molecular weight is 1490 g/mol. The molecule has 0 heterocycles. The van der Waals surface area contributed by atoms with Crippen LogP contribution in [0.15, 0.2) is 36.5 Å². The number of quaternary nitrogens is 1. The van der Waals surface area contributed by atoms with Crippen molar-refractivity contribution < 1.29 is 42.1 Å². The Kier molecular flexibility index (Phi) is 83.8. The van der Waals surface area contributed by atoms with Crippen LogP contribution in [0, 0.1) is 0 Å². The Morgan fingerprint density at radius 3 is 0.769 bits per heavy atom. The third-order valence-corrected chi connectivity index (χ3v) is 22.6. The van der Waals surface area contributed by atoms with E-state index in [2.05, 4.69) is 50.3 Å². The van der Waals surface area contributed by atoms with Crippen molar-refractivity contribution in [1.29, 1.82) is 0 Å². The molecule has 0 amide bonds. The third kappa shape index (κ3) is 89.1. The number of esters is 2. The first kappa shape index (κ1) is 102. The van der Waals surface area contributed by atoms with Gasteiger partial charge in [-0.15, -0.1) is 0 Å². The van der Waals surface area contributed by atoms with Crippen LogP contribution in [-0.2, 0) is 32.7 Å². The van der Waals surface area contributed by atoms with Crippen LogP contribution in [0.25, 0.3) is 0 Å². The number of phosphoric acid groups is 1. The van der Waals surface area contributed by atoms with Gasteiger partial charge in [-0.2, -0.15) is 0 Å². The largest absolute Gasteiger partial charge is 0.472 e. The van der Waals surface area contributed by atoms with E-state index >= 15 is 0 Å². The second kappa shape index (κ2) is 85.2. The van der Waals surface area contributed by atoms with Crippen molar-refractivity contribution in [3.8, 4) is 0 Å². The Morgan fingerprint density at radius 2 is 0.519 bits per heavy atom. The van der Waals surface area contributed by atoms with Gasteiger partial charge in [0.05, 0.1) is 27.7 Å². The summed E-state index contributed by atoms with van der Waals surface area (Å²) >= 11 is 0. The summed E-state index contributed by atoms with van der Waals surface area (Å²) in [5.41, 5.74) is 0. The third-order valence-electron chi connectivity index (χ3n) is 21.6. The molecule has 0 bridgehead atoms. The van der Waals surface area contributed by atoms with Crippen LogP contribution in [0.5, 0.6) is 0 Å². The molecule has 10 heteroatoms. The van der Waals surface area contributed by atoms with Crippen LogP contribution in [-0.4, -0.2) is 74.9 Å². The first-order valence-corrected chi connectivity index (χ1v) is 48.2. The number of carbonyl (C=O) groups is 2. The van der Waals surface area contributed by atoms with E-state index in [1.54, 1.807) is 0 Å². The molecule has 0 aromatic rings. The fourth-order valence-corrected chi connectivity index (χ4v) is 15.3. The zero-order chi connectivity index (χ0) is 75.4. The number of ether oxygens (including phenoxy) is 2. The molecule has 0 aromatic heterocycles. The van der Waals surface area contributed by atoms with E-state index in [1.165, 1.54) is 430 Å². The lowest BCUT2D eigenvalue weighted by molar-refractivity contribution is -0.870. The molecule has 2 unspecified atom stereocenters. The Bertz CT molecular complexity index is 1850. The summed E-state index contributed by atoms with van der Waals surface area (Å²) in [5, 5.41) is 0. The molecule has 0 aliphatic carbocycles. The van der Waals surface area contributed by atoms with Crippen molar-refractivity contribution in [2.75, 3.05) is 47.5 Å². The van der Waals surface area contributed by atoms with Crippen LogP contribution < -0.4 is 0 Å². The van der Waals surface area contributed by atoms with Crippen LogP contribution in [0.3, 0.4) is 0 Å². The number of rotatable bonds is 89. The molecule has 0 aromatic carbocycles. The molecule has 0 saturated heterocycles. The van der Waals surface area contributed by atoms with E-state index in [0.29, 0.717) is 17.4 Å². The minimum atomic E-state index is -4.40. The molecule has 2 atom stereocenters. The second-order valence-electron chi connectivity index (χ2n) is 33.4. The lowest BCUT2D eigenvalue weighted by Gasteiger charge is -2.24. The van der Waals surface area contributed by atoms with Gasteiger partial charge in [-0.25, -0.2) is 4.57 Å². The van der Waals surface area contributed by atoms with E-state index in [0.717, 1.165) is 44.9 Å². The highest BCUT2D eigenvalue weighted by molar-refractivity contribution is 7.47. The molecule has 0 saturated carbocycles. The second-order valence-corrected chi connectivity index (χ2v) is 34.9. The molecule has 0 aliphatic rings. The summed E-state index contributed by atoms with van der Waals surface area (Å²) in [6, 6.07) is 0. The number of unbranched alkanes of at least 4 members (excludes halogenated alkanes) is 69. The summed E-state index contributed by atoms with van der Waals surface area (Å²) < 4.78 is 34.9. The summed E-state index contributed by atoms with van der Waals surface area (Å²) in [7, 11) is 1.51. The number of phosphoric ester groups is 1. The van der Waals surface area contributed by atoms with Gasteiger partial charge in [0.15, 0.2) is 6.10 Å². The maximum Gasteiger partial charge on any atom is 0.472 e. The van der Waals surface area contributed by atoms with E-state index in [4.69, 9.17) is 18.5 Å². The lowest BCUT2D eigenvalue weighted by Crippen LogP contribution is -2.37. The van der Waals surface area contributed by atoms with Gasteiger partial charge < -0.3 is 18.9 Å². The van der Waals surface area contributed by atoms with Gasteiger partial charge >= 0.3 is 19.8 Å². The Morgan fingerprint density at radius 1 is 0.298 bits per heavy atom. The Labute approximate surface area is 650 Å². The van der Waals surface area contributed by atoms with Crippen LogP contribution in [0.2, 0.25) is 0 Å². The molecule has 0 spiro atoms. The smallest absolute Gasteiger partial charge is 0.462 e. The number of carbonyl (C=O) groups excluding carboxylic acids is 2. The van der Waals surface area contributed by atoms with Gasteiger partial charge in [0.25, 0.3) is 0 Å². The molecule has 616 valence electrons. The summed E-state index contributed by atoms with van der Waals surface area (Å²) in [6.45, 7) is 4.52. The maximum absolute atomic E-state index is 13.0. The number of nitrogens with zero attached hydrogens (tertiary/aromatic N) is 1. The summed E-state index contributed by atoms with van der Waals surface area (Å²) in [4.78, 5) is 36.1. The van der Waals surface area contributed by atoms with Gasteiger partial charge in [0.1, 0.15) is 19.8 Å². The zero-order valence-electron chi connectivity index (χ0n) is 70.8. The fourth-order valence-electron chi connectivity index (χ4n) is 14.5. The van der Waals surface area contributed by atoms with E-state index in [1.807, 2.05) is 21.1 Å². The molecular weight excluding hydrogens is 1300 g/mol. The van der Waals surface area contributed by atoms with Crippen molar-refractivity contribution in [2.24, 2.45) is 0 Å². The predicted octanol–water partition coefficient (Wildman–Crippen LogP) is 31.6. The first-order valence-electron chi connectivity index (χ1n) is 46.7. The molecule has 104 heavy (non-hydrogen) atoms. The van der Waals surface area contributed by atoms with E-state index in [-0.39, 0.29) is 25.6 Å². The fraction of sp³-hybridized carbons (Fsp3) is 0.915. The molecule has 0 aliphatic heterocycles.